The largest absolute Gasteiger partial charge is 0.332 e. The van der Waals surface area contributed by atoms with Gasteiger partial charge in [-0.3, -0.25) is 4.79 Å². The third-order valence-corrected chi connectivity index (χ3v) is 2.54. The summed E-state index contributed by atoms with van der Waals surface area (Å²) in [4.78, 5) is 12.6. The summed E-state index contributed by atoms with van der Waals surface area (Å²) in [5, 5.41) is 0.266. The number of rotatable bonds is 5. The van der Waals surface area contributed by atoms with Crippen LogP contribution in [-0.4, -0.2) is 35.7 Å². The van der Waals surface area contributed by atoms with Gasteiger partial charge in [0.05, 0.1) is 12.1 Å². The number of amides is 1. The number of carbonyl (C=O) groups excluding carboxylic acids is 1. The molecule has 2 nitrogen and oxygen atoms in total. The van der Waals surface area contributed by atoms with Crippen LogP contribution < -0.4 is 0 Å². The predicted octanol–water partition coefficient (Wildman–Crippen LogP) is 3.07. The maximum atomic E-state index is 13.4. The number of halogens is 5. The van der Waals surface area contributed by atoms with Crippen LogP contribution in [-0.2, 0) is 0 Å². The summed E-state index contributed by atoms with van der Waals surface area (Å²) in [5.74, 6) is -3.46. The minimum atomic E-state index is -2.73. The summed E-state index contributed by atoms with van der Waals surface area (Å²) >= 11 is 3.01. The van der Waals surface area contributed by atoms with Crippen LogP contribution in [0.15, 0.2) is 18.2 Å². The molecule has 100 valence electrons. The molecule has 0 aliphatic carbocycles. The molecule has 0 atom stereocenters. The zero-order valence-corrected chi connectivity index (χ0v) is 10.8. The van der Waals surface area contributed by atoms with E-state index < -0.39 is 36.1 Å². The number of hydrogen-bond donors (Lipinski definition) is 0. The van der Waals surface area contributed by atoms with E-state index in [-0.39, 0.29) is 11.9 Å². The predicted molar refractivity (Wildman–Crippen MR) is 62.1 cm³/mol. The number of nitrogens with zero attached hydrogens (tertiary/aromatic N) is 1. The van der Waals surface area contributed by atoms with Crippen molar-refractivity contribution in [2.45, 2.75) is 6.43 Å². The van der Waals surface area contributed by atoms with Gasteiger partial charge in [-0.15, -0.1) is 0 Å². The molecule has 0 aliphatic heterocycles. The third-order valence-electron chi connectivity index (χ3n) is 2.18. The fourth-order valence-electron chi connectivity index (χ4n) is 1.38. The minimum Gasteiger partial charge on any atom is -0.332 e. The van der Waals surface area contributed by atoms with Gasteiger partial charge < -0.3 is 4.90 Å². The fraction of sp³-hybridized carbons (Fsp3) is 0.364. The van der Waals surface area contributed by atoms with Gasteiger partial charge in [0, 0.05) is 11.9 Å². The number of hydrogen-bond acceptors (Lipinski definition) is 1. The van der Waals surface area contributed by atoms with Gasteiger partial charge in [0.25, 0.3) is 12.3 Å². The van der Waals surface area contributed by atoms with Crippen LogP contribution >= 0.6 is 15.9 Å². The first-order valence-corrected chi connectivity index (χ1v) is 6.17. The standard InChI is InChI=1S/C11H10BrF4NO/c12-4-5-17(6-9(14)15)11(18)7-2-1-3-8(13)10(7)16/h1-3,9H,4-6H2. The Bertz CT molecular complexity index is 428. The van der Waals surface area contributed by atoms with E-state index in [0.717, 1.165) is 23.1 Å². The molecule has 0 unspecified atom stereocenters. The Morgan fingerprint density at radius 1 is 1.33 bits per heavy atom. The first kappa shape index (κ1) is 14.9. The summed E-state index contributed by atoms with van der Waals surface area (Å²) in [6, 6.07) is 3.07. The van der Waals surface area contributed by atoms with Crippen LogP contribution in [0.3, 0.4) is 0 Å². The normalized spacial score (nSPS) is 10.8. The van der Waals surface area contributed by atoms with E-state index in [0.29, 0.717) is 0 Å². The van der Waals surface area contributed by atoms with Crippen LogP contribution in [0.4, 0.5) is 17.6 Å². The Labute approximate surface area is 110 Å². The van der Waals surface area contributed by atoms with E-state index in [9.17, 15) is 22.4 Å². The quantitative estimate of drug-likeness (QED) is 0.601. The van der Waals surface area contributed by atoms with Crippen molar-refractivity contribution in [3.63, 3.8) is 0 Å². The monoisotopic (exact) mass is 327 g/mol. The maximum absolute atomic E-state index is 13.4. The summed E-state index contributed by atoms with van der Waals surface area (Å²) in [6.45, 7) is -0.834. The zero-order valence-electron chi connectivity index (χ0n) is 9.18. The zero-order chi connectivity index (χ0) is 13.7. The van der Waals surface area contributed by atoms with Gasteiger partial charge in [0.1, 0.15) is 0 Å². The first-order valence-electron chi connectivity index (χ1n) is 5.04. The van der Waals surface area contributed by atoms with Crippen molar-refractivity contribution in [3.8, 4) is 0 Å². The molecule has 1 aromatic carbocycles. The molecule has 0 N–H and O–H groups in total. The van der Waals surface area contributed by atoms with E-state index in [1.165, 1.54) is 0 Å². The molecule has 0 saturated heterocycles. The molecule has 0 saturated carbocycles. The summed E-state index contributed by atoms with van der Waals surface area (Å²) < 4.78 is 50.9. The molecule has 0 heterocycles. The number of benzene rings is 1. The summed E-state index contributed by atoms with van der Waals surface area (Å²) in [5.41, 5.74) is -0.545. The van der Waals surface area contributed by atoms with Crippen molar-refractivity contribution in [2.24, 2.45) is 0 Å². The van der Waals surface area contributed by atoms with Crippen LogP contribution in [0.2, 0.25) is 0 Å². The van der Waals surface area contributed by atoms with Gasteiger partial charge in [-0.25, -0.2) is 17.6 Å². The molecule has 1 amide bonds. The molecule has 1 rings (SSSR count). The fourth-order valence-corrected chi connectivity index (χ4v) is 1.81. The molecule has 0 spiro atoms. The smallest absolute Gasteiger partial charge is 0.257 e. The van der Waals surface area contributed by atoms with Crippen molar-refractivity contribution >= 4 is 21.8 Å². The van der Waals surface area contributed by atoms with Gasteiger partial charge in [-0.05, 0) is 12.1 Å². The second-order valence-corrected chi connectivity index (χ2v) is 4.23. The second-order valence-electron chi connectivity index (χ2n) is 3.43. The van der Waals surface area contributed by atoms with Gasteiger partial charge in [0.15, 0.2) is 11.6 Å². The topological polar surface area (TPSA) is 20.3 Å². The van der Waals surface area contributed by atoms with Gasteiger partial charge in [-0.2, -0.15) is 0 Å². The average molecular weight is 328 g/mol. The lowest BCUT2D eigenvalue weighted by Crippen LogP contribution is -2.37. The molecule has 18 heavy (non-hydrogen) atoms. The Balaban J connectivity index is 2.98. The number of carbonyl (C=O) groups is 1. The molecule has 0 radical (unpaired) electrons. The van der Waals surface area contributed by atoms with E-state index >= 15 is 0 Å². The maximum Gasteiger partial charge on any atom is 0.257 e. The lowest BCUT2D eigenvalue weighted by molar-refractivity contribution is 0.0567. The van der Waals surface area contributed by atoms with Crippen LogP contribution in [0.1, 0.15) is 10.4 Å². The van der Waals surface area contributed by atoms with E-state index in [1.54, 1.807) is 0 Å². The van der Waals surface area contributed by atoms with Gasteiger partial charge in [-0.1, -0.05) is 22.0 Å². The lowest BCUT2D eigenvalue weighted by atomic mass is 10.1. The van der Waals surface area contributed by atoms with Crippen LogP contribution in [0, 0.1) is 11.6 Å². The molecular weight excluding hydrogens is 318 g/mol. The van der Waals surface area contributed by atoms with Crippen LogP contribution in [0.5, 0.6) is 0 Å². The SMILES string of the molecule is O=C(c1cccc(F)c1F)N(CCBr)CC(F)F. The molecule has 0 aromatic heterocycles. The Morgan fingerprint density at radius 2 is 2.00 bits per heavy atom. The molecule has 7 heteroatoms. The highest BCUT2D eigenvalue weighted by Crippen LogP contribution is 2.14. The average Bonchev–Trinajstić information content (AvgIpc) is 2.31. The van der Waals surface area contributed by atoms with E-state index in [4.69, 9.17) is 0 Å². The lowest BCUT2D eigenvalue weighted by Gasteiger charge is -2.21. The van der Waals surface area contributed by atoms with Crippen molar-refractivity contribution in [3.05, 3.63) is 35.4 Å². The van der Waals surface area contributed by atoms with Crippen molar-refractivity contribution in [1.82, 2.24) is 4.90 Å². The molecule has 1 aromatic rings. The van der Waals surface area contributed by atoms with Crippen molar-refractivity contribution in [1.29, 1.82) is 0 Å². The highest BCUT2D eigenvalue weighted by atomic mass is 79.9. The van der Waals surface area contributed by atoms with E-state index in [1.807, 2.05) is 0 Å². The highest BCUT2D eigenvalue weighted by Gasteiger charge is 2.23. The molecule has 0 fully saturated rings. The molecule has 0 bridgehead atoms. The summed E-state index contributed by atoms with van der Waals surface area (Å²) in [7, 11) is 0. The summed E-state index contributed by atoms with van der Waals surface area (Å²) in [6.07, 6.45) is -2.73. The molecule has 0 aliphatic rings. The minimum absolute atomic E-state index is 0.0148. The molecular formula is C11H10BrF4NO. The third kappa shape index (κ3) is 3.69. The first-order chi connectivity index (χ1) is 8.47. The second kappa shape index (κ2) is 6.72. The van der Waals surface area contributed by atoms with Gasteiger partial charge in [0.2, 0.25) is 0 Å². The van der Waals surface area contributed by atoms with Crippen LogP contribution in [0.25, 0.3) is 0 Å². The van der Waals surface area contributed by atoms with Gasteiger partial charge >= 0.3 is 0 Å². The van der Waals surface area contributed by atoms with E-state index in [2.05, 4.69) is 15.9 Å². The Kier molecular flexibility index (Phi) is 5.58. The highest BCUT2D eigenvalue weighted by molar-refractivity contribution is 9.09. The Morgan fingerprint density at radius 3 is 2.56 bits per heavy atom. The number of alkyl halides is 3. The Hall–Kier alpha value is -1.11. The van der Waals surface area contributed by atoms with Crippen molar-refractivity contribution in [2.75, 3.05) is 18.4 Å². The van der Waals surface area contributed by atoms with Crippen molar-refractivity contribution < 1.29 is 22.4 Å².